The van der Waals surface area contributed by atoms with E-state index in [0.717, 1.165) is 19.3 Å². The van der Waals surface area contributed by atoms with Crippen LogP contribution in [0.1, 0.15) is 53.9 Å². The van der Waals surface area contributed by atoms with Crippen molar-refractivity contribution in [3.8, 4) is 0 Å². The summed E-state index contributed by atoms with van der Waals surface area (Å²) in [5.41, 5.74) is -0.208. The maximum atomic E-state index is 9.17. The Balaban J connectivity index is 4.24. The summed E-state index contributed by atoms with van der Waals surface area (Å²) in [5.74, 6) is 0. The lowest BCUT2D eigenvalue weighted by Crippen LogP contribution is -2.33. The topological polar surface area (TPSA) is 40.5 Å². The molecule has 0 aliphatic carbocycles. The molecule has 0 rings (SSSR count). The third-order valence-corrected chi connectivity index (χ3v) is 2.56. The van der Waals surface area contributed by atoms with Crippen LogP contribution in [0.5, 0.6) is 0 Å². The van der Waals surface area contributed by atoms with Crippen LogP contribution < -0.4 is 0 Å². The molecule has 0 atom stereocenters. The molecule has 0 saturated heterocycles. The molecule has 0 fully saturated rings. The van der Waals surface area contributed by atoms with Crippen molar-refractivity contribution in [2.24, 2.45) is 10.8 Å². The molecule has 0 spiro atoms. The fourth-order valence-electron chi connectivity index (χ4n) is 2.09. The molecular weight excluding hydrogens is 164 g/mol. The predicted molar refractivity (Wildman–Crippen MR) is 55.3 cm³/mol. The second kappa shape index (κ2) is 4.43. The predicted octanol–water partition coefficient (Wildman–Crippen LogP) is 2.54. The lowest BCUT2D eigenvalue weighted by Gasteiger charge is -2.36. The monoisotopic (exact) mass is 188 g/mol. The van der Waals surface area contributed by atoms with Crippen LogP contribution in [-0.2, 0) is 0 Å². The Hall–Kier alpha value is -0.0800. The van der Waals surface area contributed by atoms with Crippen molar-refractivity contribution in [3.63, 3.8) is 0 Å². The number of hydrogen-bond donors (Lipinski definition) is 2. The molecule has 0 aromatic rings. The average Bonchev–Trinajstić information content (AvgIpc) is 1.83. The van der Waals surface area contributed by atoms with Crippen molar-refractivity contribution in [2.45, 2.75) is 60.2 Å². The maximum Gasteiger partial charge on any atom is 0.156 e. The fraction of sp³-hybridized carbons (Fsp3) is 1.00. The fourth-order valence-corrected chi connectivity index (χ4v) is 2.09. The van der Waals surface area contributed by atoms with E-state index < -0.39 is 11.7 Å². The quantitative estimate of drug-likeness (QED) is 0.651. The normalized spacial score (nSPS) is 13.8. The highest BCUT2D eigenvalue weighted by Crippen LogP contribution is 2.38. The van der Waals surface area contributed by atoms with Gasteiger partial charge in [-0.3, -0.25) is 0 Å². The van der Waals surface area contributed by atoms with Crippen molar-refractivity contribution in [1.29, 1.82) is 0 Å². The van der Waals surface area contributed by atoms with Gasteiger partial charge in [-0.2, -0.15) is 0 Å². The first-order chi connectivity index (χ1) is 5.71. The van der Waals surface area contributed by atoms with Crippen molar-refractivity contribution < 1.29 is 10.2 Å². The highest BCUT2D eigenvalue weighted by atomic mass is 16.5. The Morgan fingerprint density at radius 3 is 1.85 bits per heavy atom. The zero-order valence-corrected chi connectivity index (χ0v) is 9.59. The average molecular weight is 188 g/mol. The molecule has 0 unspecified atom stereocenters. The molecule has 0 aromatic carbocycles. The van der Waals surface area contributed by atoms with E-state index in [2.05, 4.69) is 20.8 Å². The van der Waals surface area contributed by atoms with Gasteiger partial charge in [0.15, 0.2) is 6.29 Å². The number of hydrogen-bond acceptors (Lipinski definition) is 2. The molecule has 0 radical (unpaired) electrons. The molecule has 0 heterocycles. The van der Waals surface area contributed by atoms with Crippen molar-refractivity contribution in [2.75, 3.05) is 0 Å². The van der Waals surface area contributed by atoms with Gasteiger partial charge >= 0.3 is 0 Å². The molecular formula is C11H24O2. The van der Waals surface area contributed by atoms with E-state index in [1.165, 1.54) is 0 Å². The van der Waals surface area contributed by atoms with Crippen LogP contribution in [0.15, 0.2) is 0 Å². The van der Waals surface area contributed by atoms with Crippen LogP contribution in [0.3, 0.4) is 0 Å². The summed E-state index contributed by atoms with van der Waals surface area (Å²) >= 11 is 0. The minimum Gasteiger partial charge on any atom is -0.368 e. The molecule has 0 amide bonds. The van der Waals surface area contributed by atoms with Crippen LogP contribution in [-0.4, -0.2) is 16.5 Å². The summed E-state index contributed by atoms with van der Waals surface area (Å²) in [6.07, 6.45) is 1.89. The van der Waals surface area contributed by atoms with E-state index in [9.17, 15) is 0 Å². The summed E-state index contributed by atoms with van der Waals surface area (Å²) in [6.45, 7) is 10.3. The molecule has 80 valence electrons. The SMILES string of the molecule is CCCC(C)(C)CC(C)(C)C(O)O. The van der Waals surface area contributed by atoms with Crippen LogP contribution in [0.4, 0.5) is 0 Å². The van der Waals surface area contributed by atoms with Gasteiger partial charge in [-0.05, 0) is 18.3 Å². The van der Waals surface area contributed by atoms with E-state index in [-0.39, 0.29) is 5.41 Å². The molecule has 0 aliphatic rings. The van der Waals surface area contributed by atoms with Crippen molar-refractivity contribution in [3.05, 3.63) is 0 Å². The Morgan fingerprint density at radius 2 is 1.54 bits per heavy atom. The molecule has 2 heteroatoms. The Kier molecular flexibility index (Phi) is 4.40. The van der Waals surface area contributed by atoms with Gasteiger partial charge in [0.2, 0.25) is 0 Å². The van der Waals surface area contributed by atoms with Crippen molar-refractivity contribution >= 4 is 0 Å². The molecule has 0 aromatic heterocycles. The van der Waals surface area contributed by atoms with Gasteiger partial charge in [0, 0.05) is 5.41 Å². The van der Waals surface area contributed by atoms with E-state index in [1.54, 1.807) is 0 Å². The smallest absolute Gasteiger partial charge is 0.156 e. The summed E-state index contributed by atoms with van der Waals surface area (Å²) in [5, 5.41) is 18.3. The lowest BCUT2D eigenvalue weighted by molar-refractivity contribution is -0.134. The summed E-state index contributed by atoms with van der Waals surface area (Å²) in [4.78, 5) is 0. The molecule has 0 aliphatic heterocycles. The minimum atomic E-state index is -1.22. The lowest BCUT2D eigenvalue weighted by atomic mass is 9.72. The van der Waals surface area contributed by atoms with Gasteiger partial charge in [-0.1, -0.05) is 41.0 Å². The first kappa shape index (κ1) is 12.9. The van der Waals surface area contributed by atoms with Crippen molar-refractivity contribution in [1.82, 2.24) is 0 Å². The highest BCUT2D eigenvalue weighted by molar-refractivity contribution is 4.80. The van der Waals surface area contributed by atoms with E-state index in [1.807, 2.05) is 13.8 Å². The summed E-state index contributed by atoms with van der Waals surface area (Å²) < 4.78 is 0. The standard InChI is InChI=1S/C11H24O2/c1-6-7-10(2,3)8-11(4,5)9(12)13/h9,12-13H,6-8H2,1-5H3. The van der Waals surface area contributed by atoms with Gasteiger partial charge in [0.25, 0.3) is 0 Å². The summed E-state index contributed by atoms with van der Waals surface area (Å²) in [6, 6.07) is 0. The second-order valence-electron chi connectivity index (χ2n) is 5.45. The minimum absolute atomic E-state index is 0.196. The zero-order chi connectivity index (χ0) is 10.7. The molecule has 2 nitrogen and oxygen atoms in total. The van der Waals surface area contributed by atoms with Crippen LogP contribution in [0.25, 0.3) is 0 Å². The third kappa shape index (κ3) is 4.63. The molecule has 2 N–H and O–H groups in total. The van der Waals surface area contributed by atoms with E-state index in [4.69, 9.17) is 10.2 Å². The van der Waals surface area contributed by atoms with Gasteiger partial charge < -0.3 is 10.2 Å². The van der Waals surface area contributed by atoms with Gasteiger partial charge in [-0.25, -0.2) is 0 Å². The Labute approximate surface area is 82.0 Å². The van der Waals surface area contributed by atoms with Crippen LogP contribution in [0, 0.1) is 10.8 Å². The van der Waals surface area contributed by atoms with E-state index in [0.29, 0.717) is 0 Å². The Bertz CT molecular complexity index is 148. The zero-order valence-electron chi connectivity index (χ0n) is 9.59. The van der Waals surface area contributed by atoms with Gasteiger partial charge in [0.1, 0.15) is 0 Å². The second-order valence-corrected chi connectivity index (χ2v) is 5.45. The molecule has 0 bridgehead atoms. The number of rotatable bonds is 5. The Morgan fingerprint density at radius 1 is 1.08 bits per heavy atom. The number of aliphatic hydroxyl groups is 2. The largest absolute Gasteiger partial charge is 0.368 e. The molecule has 0 saturated carbocycles. The van der Waals surface area contributed by atoms with E-state index >= 15 is 0 Å². The van der Waals surface area contributed by atoms with Crippen LogP contribution in [0.2, 0.25) is 0 Å². The highest BCUT2D eigenvalue weighted by Gasteiger charge is 2.32. The van der Waals surface area contributed by atoms with Crippen LogP contribution >= 0.6 is 0 Å². The van der Waals surface area contributed by atoms with Gasteiger partial charge in [0.05, 0.1) is 0 Å². The first-order valence-corrected chi connectivity index (χ1v) is 5.07. The third-order valence-electron chi connectivity index (χ3n) is 2.56. The maximum absolute atomic E-state index is 9.17. The summed E-state index contributed by atoms with van der Waals surface area (Å²) in [7, 11) is 0. The molecule has 13 heavy (non-hydrogen) atoms. The van der Waals surface area contributed by atoms with Gasteiger partial charge in [-0.15, -0.1) is 0 Å². The number of aliphatic hydroxyl groups excluding tert-OH is 1. The first-order valence-electron chi connectivity index (χ1n) is 5.07.